The molecule has 0 aliphatic heterocycles. The standard InChI is InChI=1S/C14H14BrNO4/c1-17-12-6-9(7-13(18-2)14(12)19-3)20-11-4-5-16-8-10(11)15/h4-8H,1-3H3. The fraction of sp³-hybridized carbons (Fsp3) is 0.214. The largest absolute Gasteiger partial charge is 0.493 e. The van der Waals surface area contributed by atoms with Crippen LogP contribution in [0.5, 0.6) is 28.7 Å². The molecule has 1 aromatic carbocycles. The summed E-state index contributed by atoms with van der Waals surface area (Å²) >= 11 is 3.38. The summed E-state index contributed by atoms with van der Waals surface area (Å²) in [4.78, 5) is 3.99. The van der Waals surface area contributed by atoms with Crippen LogP contribution < -0.4 is 18.9 Å². The first-order valence-corrected chi connectivity index (χ1v) is 6.56. The highest BCUT2D eigenvalue weighted by atomic mass is 79.9. The van der Waals surface area contributed by atoms with Gasteiger partial charge >= 0.3 is 0 Å². The van der Waals surface area contributed by atoms with Crippen molar-refractivity contribution in [3.63, 3.8) is 0 Å². The Hall–Kier alpha value is -1.95. The number of ether oxygens (including phenoxy) is 4. The van der Waals surface area contributed by atoms with Gasteiger partial charge in [-0.3, -0.25) is 4.98 Å². The molecule has 2 aromatic rings. The molecule has 0 aliphatic rings. The third-order valence-corrected chi connectivity index (χ3v) is 3.20. The quantitative estimate of drug-likeness (QED) is 0.831. The van der Waals surface area contributed by atoms with E-state index in [9.17, 15) is 0 Å². The van der Waals surface area contributed by atoms with Gasteiger partial charge in [-0.1, -0.05) is 0 Å². The molecular formula is C14H14BrNO4. The van der Waals surface area contributed by atoms with Crippen LogP contribution in [0, 0.1) is 0 Å². The summed E-state index contributed by atoms with van der Waals surface area (Å²) in [7, 11) is 4.67. The summed E-state index contributed by atoms with van der Waals surface area (Å²) in [6, 6.07) is 5.22. The van der Waals surface area contributed by atoms with Crippen molar-refractivity contribution in [1.82, 2.24) is 4.98 Å². The van der Waals surface area contributed by atoms with E-state index in [1.165, 1.54) is 0 Å². The number of hydrogen-bond acceptors (Lipinski definition) is 5. The zero-order valence-corrected chi connectivity index (χ0v) is 12.9. The molecule has 1 heterocycles. The predicted molar refractivity (Wildman–Crippen MR) is 78.1 cm³/mol. The van der Waals surface area contributed by atoms with Crippen LogP contribution in [0.4, 0.5) is 0 Å². The Bertz CT molecular complexity index is 578. The molecule has 2 rings (SSSR count). The molecule has 0 saturated heterocycles. The minimum atomic E-state index is 0.524. The number of aromatic nitrogens is 1. The molecule has 0 N–H and O–H groups in total. The molecule has 0 fully saturated rings. The molecule has 5 nitrogen and oxygen atoms in total. The lowest BCUT2D eigenvalue weighted by Crippen LogP contribution is -1.96. The van der Waals surface area contributed by atoms with Gasteiger partial charge in [-0.2, -0.15) is 0 Å². The average Bonchev–Trinajstić information content (AvgIpc) is 2.48. The fourth-order valence-electron chi connectivity index (χ4n) is 1.69. The number of nitrogens with zero attached hydrogens (tertiary/aromatic N) is 1. The van der Waals surface area contributed by atoms with Crippen LogP contribution in [0.1, 0.15) is 0 Å². The molecule has 1 aromatic heterocycles. The second-order valence-corrected chi connectivity index (χ2v) is 4.62. The maximum atomic E-state index is 5.79. The maximum Gasteiger partial charge on any atom is 0.203 e. The van der Waals surface area contributed by atoms with Crippen molar-refractivity contribution >= 4 is 15.9 Å². The average molecular weight is 340 g/mol. The molecule has 0 aliphatic carbocycles. The lowest BCUT2D eigenvalue weighted by Gasteiger charge is -2.14. The summed E-state index contributed by atoms with van der Waals surface area (Å²) in [5.74, 6) is 2.82. The summed E-state index contributed by atoms with van der Waals surface area (Å²) in [5.41, 5.74) is 0. The number of hydrogen-bond donors (Lipinski definition) is 0. The van der Waals surface area contributed by atoms with Gasteiger partial charge in [-0.15, -0.1) is 0 Å². The van der Waals surface area contributed by atoms with Gasteiger partial charge in [0.25, 0.3) is 0 Å². The zero-order valence-electron chi connectivity index (χ0n) is 11.3. The van der Waals surface area contributed by atoms with E-state index in [1.54, 1.807) is 51.9 Å². The van der Waals surface area contributed by atoms with E-state index in [-0.39, 0.29) is 0 Å². The Kier molecular flexibility index (Phi) is 4.68. The van der Waals surface area contributed by atoms with E-state index in [1.807, 2.05) is 0 Å². The molecule has 106 valence electrons. The van der Waals surface area contributed by atoms with Crippen LogP contribution in [-0.2, 0) is 0 Å². The number of pyridine rings is 1. The van der Waals surface area contributed by atoms with E-state index in [4.69, 9.17) is 18.9 Å². The van der Waals surface area contributed by atoms with Crippen molar-refractivity contribution < 1.29 is 18.9 Å². The summed E-state index contributed by atoms with van der Waals surface area (Å²) in [5, 5.41) is 0. The van der Waals surface area contributed by atoms with Gasteiger partial charge in [0, 0.05) is 30.6 Å². The molecule has 0 unspecified atom stereocenters. The lowest BCUT2D eigenvalue weighted by molar-refractivity contribution is 0.321. The van der Waals surface area contributed by atoms with E-state index < -0.39 is 0 Å². The van der Waals surface area contributed by atoms with Crippen molar-refractivity contribution in [3.05, 3.63) is 35.1 Å². The predicted octanol–water partition coefficient (Wildman–Crippen LogP) is 3.66. The Morgan fingerprint density at radius 1 is 0.950 bits per heavy atom. The normalized spacial score (nSPS) is 10.0. The highest BCUT2D eigenvalue weighted by molar-refractivity contribution is 9.10. The molecule has 0 amide bonds. The first-order chi connectivity index (χ1) is 9.69. The second kappa shape index (κ2) is 6.47. The molecule has 0 radical (unpaired) electrons. The Labute approximate surface area is 125 Å². The molecular weight excluding hydrogens is 326 g/mol. The van der Waals surface area contributed by atoms with Gasteiger partial charge in [-0.25, -0.2) is 0 Å². The third kappa shape index (κ3) is 2.96. The smallest absolute Gasteiger partial charge is 0.203 e. The molecule has 0 bridgehead atoms. The number of methoxy groups -OCH3 is 3. The number of halogens is 1. The first-order valence-electron chi connectivity index (χ1n) is 5.77. The number of rotatable bonds is 5. The summed E-state index contributed by atoms with van der Waals surface area (Å²) in [6.45, 7) is 0. The monoisotopic (exact) mass is 339 g/mol. The highest BCUT2D eigenvalue weighted by Gasteiger charge is 2.14. The van der Waals surface area contributed by atoms with E-state index >= 15 is 0 Å². The van der Waals surface area contributed by atoms with Gasteiger partial charge in [0.1, 0.15) is 11.5 Å². The summed E-state index contributed by atoms with van der Waals surface area (Å²) in [6.07, 6.45) is 3.31. The number of benzene rings is 1. The van der Waals surface area contributed by atoms with E-state index in [0.29, 0.717) is 28.7 Å². The SMILES string of the molecule is COc1cc(Oc2ccncc2Br)cc(OC)c1OC. The van der Waals surface area contributed by atoms with E-state index in [0.717, 1.165) is 4.47 Å². The topological polar surface area (TPSA) is 49.8 Å². The van der Waals surface area contributed by atoms with Gasteiger partial charge in [0.05, 0.1) is 25.8 Å². The molecule has 0 saturated carbocycles. The van der Waals surface area contributed by atoms with Crippen molar-refractivity contribution in [2.75, 3.05) is 21.3 Å². The maximum absolute atomic E-state index is 5.79. The lowest BCUT2D eigenvalue weighted by atomic mass is 10.2. The van der Waals surface area contributed by atoms with Crippen LogP contribution >= 0.6 is 15.9 Å². The van der Waals surface area contributed by atoms with Crippen LogP contribution in [0.3, 0.4) is 0 Å². The van der Waals surface area contributed by atoms with Crippen molar-refractivity contribution in [3.8, 4) is 28.7 Å². The highest BCUT2D eigenvalue weighted by Crippen LogP contribution is 2.42. The molecule has 0 spiro atoms. The minimum Gasteiger partial charge on any atom is -0.493 e. The van der Waals surface area contributed by atoms with Gasteiger partial charge in [0.15, 0.2) is 11.5 Å². The van der Waals surface area contributed by atoms with Crippen molar-refractivity contribution in [1.29, 1.82) is 0 Å². The van der Waals surface area contributed by atoms with Crippen LogP contribution in [0.15, 0.2) is 35.1 Å². The van der Waals surface area contributed by atoms with Crippen LogP contribution in [0.25, 0.3) is 0 Å². The zero-order chi connectivity index (χ0) is 14.5. The Morgan fingerprint density at radius 3 is 2.10 bits per heavy atom. The molecule has 20 heavy (non-hydrogen) atoms. The fourth-order valence-corrected chi connectivity index (χ4v) is 2.02. The minimum absolute atomic E-state index is 0.524. The Morgan fingerprint density at radius 2 is 1.60 bits per heavy atom. The Balaban J connectivity index is 2.40. The second-order valence-electron chi connectivity index (χ2n) is 3.77. The third-order valence-electron chi connectivity index (χ3n) is 2.60. The first kappa shape index (κ1) is 14.5. The van der Waals surface area contributed by atoms with Gasteiger partial charge < -0.3 is 18.9 Å². The van der Waals surface area contributed by atoms with Gasteiger partial charge in [-0.05, 0) is 15.9 Å². The van der Waals surface area contributed by atoms with E-state index in [2.05, 4.69) is 20.9 Å². The van der Waals surface area contributed by atoms with Gasteiger partial charge in [0.2, 0.25) is 5.75 Å². The van der Waals surface area contributed by atoms with Crippen molar-refractivity contribution in [2.45, 2.75) is 0 Å². The molecule has 0 atom stereocenters. The van der Waals surface area contributed by atoms with Crippen LogP contribution in [0.2, 0.25) is 0 Å². The molecule has 6 heteroatoms. The summed E-state index contributed by atoms with van der Waals surface area (Å²) < 4.78 is 22.4. The van der Waals surface area contributed by atoms with Crippen LogP contribution in [-0.4, -0.2) is 26.3 Å². The van der Waals surface area contributed by atoms with Crippen molar-refractivity contribution in [2.24, 2.45) is 0 Å².